The normalized spacial score (nSPS) is 18.0. The first-order chi connectivity index (χ1) is 14.3. The third kappa shape index (κ3) is 5.48. The standard InChI is InChI=1S/C19H23F3N4O4/c20-13-7-12(3-4-14(13)26-5-6-30-10-16(26)27)24-19(29)17(18(23)28)25(9-15(21)22)8-11-1-2-11/h3-4,7,11,15,17H,1-2,5-6,8-10H2,(H2,23,28)(H,24,29)/t17-/m1/s1. The molecule has 8 nitrogen and oxygen atoms in total. The van der Waals surface area contributed by atoms with Gasteiger partial charge in [-0.1, -0.05) is 0 Å². The lowest BCUT2D eigenvalue weighted by Gasteiger charge is -2.29. The monoisotopic (exact) mass is 428 g/mol. The van der Waals surface area contributed by atoms with Crippen molar-refractivity contribution in [1.29, 1.82) is 0 Å². The van der Waals surface area contributed by atoms with Crippen LogP contribution in [-0.4, -0.2) is 67.9 Å². The second-order valence-corrected chi connectivity index (χ2v) is 7.35. The van der Waals surface area contributed by atoms with Crippen LogP contribution in [0.3, 0.4) is 0 Å². The summed E-state index contributed by atoms with van der Waals surface area (Å²) in [6.07, 6.45) is -1.08. The SMILES string of the molecule is NC(=O)[C@H](C(=O)Nc1ccc(N2CCOCC2=O)c(F)c1)N(CC(F)F)CC1CC1. The number of primary amides is 1. The third-order valence-corrected chi connectivity index (χ3v) is 4.94. The van der Waals surface area contributed by atoms with Crippen molar-refractivity contribution in [1.82, 2.24) is 4.90 Å². The third-order valence-electron chi connectivity index (χ3n) is 4.94. The van der Waals surface area contributed by atoms with Crippen molar-refractivity contribution in [2.24, 2.45) is 11.7 Å². The molecule has 1 heterocycles. The second kappa shape index (κ2) is 9.43. The van der Waals surface area contributed by atoms with Crippen molar-refractivity contribution in [3.8, 4) is 0 Å². The molecule has 1 saturated heterocycles. The van der Waals surface area contributed by atoms with Crippen molar-refractivity contribution in [2.45, 2.75) is 25.3 Å². The molecule has 3 amide bonds. The zero-order valence-corrected chi connectivity index (χ0v) is 16.2. The summed E-state index contributed by atoms with van der Waals surface area (Å²) < 4.78 is 45.5. The number of nitrogens with zero attached hydrogens (tertiary/aromatic N) is 2. The lowest BCUT2D eigenvalue weighted by molar-refractivity contribution is -0.133. The Morgan fingerprint density at radius 1 is 1.33 bits per heavy atom. The molecule has 30 heavy (non-hydrogen) atoms. The summed E-state index contributed by atoms with van der Waals surface area (Å²) in [5.74, 6) is -3.00. The van der Waals surface area contributed by atoms with Gasteiger partial charge >= 0.3 is 0 Å². The smallest absolute Gasteiger partial charge is 0.253 e. The van der Waals surface area contributed by atoms with E-state index in [1.807, 2.05) is 0 Å². The van der Waals surface area contributed by atoms with Gasteiger partial charge in [-0.25, -0.2) is 13.2 Å². The Morgan fingerprint density at radius 3 is 2.63 bits per heavy atom. The van der Waals surface area contributed by atoms with Gasteiger partial charge in [0.1, 0.15) is 12.4 Å². The molecule has 0 unspecified atom stereocenters. The molecule has 2 fully saturated rings. The Morgan fingerprint density at radius 2 is 2.07 bits per heavy atom. The lowest BCUT2D eigenvalue weighted by atomic mass is 10.1. The number of halogens is 3. The highest BCUT2D eigenvalue weighted by Crippen LogP contribution is 2.31. The zero-order valence-electron chi connectivity index (χ0n) is 16.2. The Bertz CT molecular complexity index is 815. The number of nitrogens with two attached hydrogens (primary N) is 1. The highest BCUT2D eigenvalue weighted by Gasteiger charge is 2.36. The summed E-state index contributed by atoms with van der Waals surface area (Å²) in [6.45, 7) is -0.319. The molecule has 1 atom stereocenters. The van der Waals surface area contributed by atoms with Gasteiger partial charge < -0.3 is 20.7 Å². The fourth-order valence-corrected chi connectivity index (χ4v) is 3.36. The summed E-state index contributed by atoms with van der Waals surface area (Å²) in [7, 11) is 0. The van der Waals surface area contributed by atoms with Crippen LogP contribution in [0.15, 0.2) is 18.2 Å². The quantitative estimate of drug-likeness (QED) is 0.570. The number of carbonyl (C=O) groups is 3. The molecule has 1 saturated carbocycles. The van der Waals surface area contributed by atoms with E-state index in [4.69, 9.17) is 10.5 Å². The summed E-state index contributed by atoms with van der Waals surface area (Å²) in [5.41, 5.74) is 5.35. The van der Waals surface area contributed by atoms with Gasteiger partial charge in [-0.15, -0.1) is 0 Å². The Kier molecular flexibility index (Phi) is 6.93. The van der Waals surface area contributed by atoms with Crippen LogP contribution in [0.25, 0.3) is 0 Å². The van der Waals surface area contributed by atoms with Gasteiger partial charge in [-0.3, -0.25) is 19.3 Å². The Labute approximate surface area is 171 Å². The average molecular weight is 428 g/mol. The van der Waals surface area contributed by atoms with Crippen molar-refractivity contribution < 1.29 is 32.3 Å². The summed E-state index contributed by atoms with van der Waals surface area (Å²) >= 11 is 0. The minimum absolute atomic E-state index is 0.0108. The van der Waals surface area contributed by atoms with Gasteiger partial charge in [0.15, 0.2) is 6.04 Å². The fraction of sp³-hybridized carbons (Fsp3) is 0.526. The van der Waals surface area contributed by atoms with Crippen molar-refractivity contribution in [3.05, 3.63) is 24.0 Å². The number of amides is 3. The van der Waals surface area contributed by atoms with E-state index < -0.39 is 42.6 Å². The molecule has 0 bridgehead atoms. The van der Waals surface area contributed by atoms with Gasteiger partial charge in [-0.05, 0) is 37.0 Å². The van der Waals surface area contributed by atoms with E-state index in [1.165, 1.54) is 17.0 Å². The predicted molar refractivity (Wildman–Crippen MR) is 101 cm³/mol. The van der Waals surface area contributed by atoms with E-state index in [1.54, 1.807) is 0 Å². The lowest BCUT2D eigenvalue weighted by Crippen LogP contribution is -2.54. The number of hydrogen-bond acceptors (Lipinski definition) is 5. The molecule has 0 spiro atoms. The number of alkyl halides is 2. The fourth-order valence-electron chi connectivity index (χ4n) is 3.36. The van der Waals surface area contributed by atoms with Gasteiger partial charge in [0.25, 0.3) is 18.2 Å². The van der Waals surface area contributed by atoms with Crippen LogP contribution >= 0.6 is 0 Å². The topological polar surface area (TPSA) is 105 Å². The molecular weight excluding hydrogens is 405 g/mol. The first-order valence-electron chi connectivity index (χ1n) is 9.56. The summed E-state index contributed by atoms with van der Waals surface area (Å²) in [5, 5.41) is 2.36. The van der Waals surface area contributed by atoms with Gasteiger partial charge in [0, 0.05) is 18.8 Å². The zero-order chi connectivity index (χ0) is 21.8. The number of rotatable bonds is 9. The number of hydrogen-bond donors (Lipinski definition) is 2. The van der Waals surface area contributed by atoms with Crippen molar-refractivity contribution >= 4 is 29.1 Å². The van der Waals surface area contributed by atoms with Gasteiger partial charge in [0.05, 0.1) is 18.8 Å². The highest BCUT2D eigenvalue weighted by atomic mass is 19.3. The van der Waals surface area contributed by atoms with Crippen LogP contribution in [0, 0.1) is 11.7 Å². The predicted octanol–water partition coefficient (Wildman–Crippen LogP) is 0.958. The molecule has 2 aliphatic rings. The minimum atomic E-state index is -2.75. The molecule has 3 rings (SSSR count). The maximum absolute atomic E-state index is 14.5. The van der Waals surface area contributed by atoms with E-state index >= 15 is 0 Å². The van der Waals surface area contributed by atoms with E-state index in [2.05, 4.69) is 5.32 Å². The average Bonchev–Trinajstić information content (AvgIpc) is 3.46. The largest absolute Gasteiger partial charge is 0.370 e. The first-order valence-corrected chi connectivity index (χ1v) is 9.56. The number of ether oxygens (including phenoxy) is 1. The minimum Gasteiger partial charge on any atom is -0.370 e. The number of carbonyl (C=O) groups excluding carboxylic acids is 3. The number of morpholine rings is 1. The maximum Gasteiger partial charge on any atom is 0.253 e. The van der Waals surface area contributed by atoms with Crippen LogP contribution in [-0.2, 0) is 19.1 Å². The molecule has 1 aromatic rings. The van der Waals surface area contributed by atoms with E-state index in [-0.39, 0.29) is 43.6 Å². The van der Waals surface area contributed by atoms with Crippen LogP contribution in [0.1, 0.15) is 12.8 Å². The van der Waals surface area contributed by atoms with Crippen LogP contribution in [0.4, 0.5) is 24.5 Å². The summed E-state index contributed by atoms with van der Waals surface area (Å²) in [4.78, 5) is 38.7. The van der Waals surface area contributed by atoms with E-state index in [9.17, 15) is 27.6 Å². The maximum atomic E-state index is 14.5. The van der Waals surface area contributed by atoms with Gasteiger partial charge in [-0.2, -0.15) is 0 Å². The number of anilines is 2. The van der Waals surface area contributed by atoms with E-state index in [0.29, 0.717) is 0 Å². The Balaban J connectivity index is 1.74. The summed E-state index contributed by atoms with van der Waals surface area (Å²) in [6, 6.07) is 2.05. The van der Waals surface area contributed by atoms with Crippen molar-refractivity contribution in [2.75, 3.05) is 43.1 Å². The molecule has 164 valence electrons. The van der Waals surface area contributed by atoms with Crippen LogP contribution < -0.4 is 16.0 Å². The van der Waals surface area contributed by atoms with Gasteiger partial charge in [0.2, 0.25) is 5.91 Å². The van der Waals surface area contributed by atoms with Crippen molar-refractivity contribution in [3.63, 3.8) is 0 Å². The molecule has 1 aromatic carbocycles. The molecule has 11 heteroatoms. The highest BCUT2D eigenvalue weighted by molar-refractivity contribution is 6.09. The molecule has 0 radical (unpaired) electrons. The first kappa shape index (κ1) is 22.0. The second-order valence-electron chi connectivity index (χ2n) is 7.35. The molecule has 3 N–H and O–H groups in total. The van der Waals surface area contributed by atoms with E-state index in [0.717, 1.165) is 23.8 Å². The number of nitrogens with one attached hydrogen (secondary N) is 1. The molecule has 0 aromatic heterocycles. The molecule has 1 aliphatic heterocycles. The molecular formula is C19H23F3N4O4. The number of benzene rings is 1. The van der Waals surface area contributed by atoms with Crippen LogP contribution in [0.2, 0.25) is 0 Å². The molecule has 1 aliphatic carbocycles. The Hall–Kier alpha value is -2.66. The van der Waals surface area contributed by atoms with Crippen LogP contribution in [0.5, 0.6) is 0 Å².